The van der Waals surface area contributed by atoms with Crippen LogP contribution in [0.3, 0.4) is 0 Å². The van der Waals surface area contributed by atoms with E-state index in [1.807, 2.05) is 32.0 Å². The largest absolute Gasteiger partial charge is 0.427 e. The second kappa shape index (κ2) is 9.23. The second-order valence-electron chi connectivity index (χ2n) is 6.72. The molecule has 1 aromatic rings. The van der Waals surface area contributed by atoms with Crippen LogP contribution >= 0.6 is 0 Å². The van der Waals surface area contributed by atoms with Crippen LogP contribution in [0.25, 0.3) is 0 Å². The van der Waals surface area contributed by atoms with Crippen LogP contribution in [0.1, 0.15) is 59.3 Å². The van der Waals surface area contributed by atoms with Gasteiger partial charge in [-0.3, -0.25) is 9.59 Å². The lowest BCUT2D eigenvalue weighted by atomic mass is 9.83. The molecular weight excluding hydrogens is 292 g/mol. The molecule has 0 amide bonds. The molecule has 0 saturated carbocycles. The molecule has 4 nitrogen and oxygen atoms in total. The van der Waals surface area contributed by atoms with Crippen molar-refractivity contribution in [3.8, 4) is 5.75 Å². The van der Waals surface area contributed by atoms with E-state index in [4.69, 9.17) is 4.74 Å². The maximum absolute atomic E-state index is 12.0. The van der Waals surface area contributed by atoms with Gasteiger partial charge in [-0.2, -0.15) is 0 Å². The van der Waals surface area contributed by atoms with Crippen LogP contribution in [0.4, 0.5) is 0 Å². The van der Waals surface area contributed by atoms with Crippen molar-refractivity contribution in [1.82, 2.24) is 0 Å². The lowest BCUT2D eigenvalue weighted by Crippen LogP contribution is -2.21. The first-order valence-electron chi connectivity index (χ1n) is 8.05. The second-order valence-corrected chi connectivity index (χ2v) is 6.72. The van der Waals surface area contributed by atoms with Gasteiger partial charge >= 0.3 is 5.97 Å². The summed E-state index contributed by atoms with van der Waals surface area (Å²) in [5.74, 6) is 0.511. The number of ether oxygens (including phenoxy) is 1. The Bertz CT molecular complexity index is 532. The number of rotatable bonds is 10. The first-order valence-corrected chi connectivity index (χ1v) is 8.05. The lowest BCUT2D eigenvalue weighted by Gasteiger charge is -2.23. The Hall–Kier alpha value is -1.97. The maximum atomic E-state index is 12.0. The molecule has 0 spiro atoms. The highest BCUT2D eigenvalue weighted by Crippen LogP contribution is 2.28. The highest BCUT2D eigenvalue weighted by molar-refractivity contribution is 5.80. The molecular formula is C19H26O4. The topological polar surface area (TPSA) is 60.4 Å². The highest BCUT2D eigenvalue weighted by atomic mass is 16.5. The Labute approximate surface area is 138 Å². The fourth-order valence-corrected chi connectivity index (χ4v) is 2.27. The summed E-state index contributed by atoms with van der Waals surface area (Å²) < 4.78 is 5.29. The SMILES string of the molecule is CC(=O)CCCC(=O)CCC(C)(C)CC(=O)Oc1ccccc1. The van der Waals surface area contributed by atoms with Gasteiger partial charge < -0.3 is 9.53 Å². The first-order chi connectivity index (χ1) is 10.8. The number of para-hydroxylation sites is 1. The molecule has 1 rings (SSSR count). The zero-order chi connectivity index (χ0) is 17.3. The van der Waals surface area contributed by atoms with E-state index in [2.05, 4.69) is 0 Å². The molecule has 0 bridgehead atoms. The minimum atomic E-state index is -0.290. The molecule has 0 saturated heterocycles. The van der Waals surface area contributed by atoms with Crippen molar-refractivity contribution in [3.05, 3.63) is 30.3 Å². The molecule has 0 heterocycles. The Kier molecular flexibility index (Phi) is 7.66. The van der Waals surface area contributed by atoms with E-state index in [-0.39, 0.29) is 29.4 Å². The van der Waals surface area contributed by atoms with E-state index in [0.29, 0.717) is 37.9 Å². The van der Waals surface area contributed by atoms with Crippen molar-refractivity contribution in [1.29, 1.82) is 0 Å². The standard InChI is InChI=1S/C19H26O4/c1-15(20)8-7-9-16(21)12-13-19(2,3)14-18(22)23-17-10-5-4-6-11-17/h4-6,10-11H,7-9,12-14H2,1-3H3. The summed E-state index contributed by atoms with van der Waals surface area (Å²) in [5.41, 5.74) is -0.290. The quantitative estimate of drug-likeness (QED) is 0.481. The molecule has 0 atom stereocenters. The third-order valence-electron chi connectivity index (χ3n) is 3.66. The van der Waals surface area contributed by atoms with E-state index in [1.54, 1.807) is 12.1 Å². The number of ketones is 2. The zero-order valence-corrected chi connectivity index (χ0v) is 14.3. The number of esters is 1. The molecule has 0 unspecified atom stereocenters. The molecule has 0 aliphatic heterocycles. The highest BCUT2D eigenvalue weighted by Gasteiger charge is 2.24. The molecule has 0 fully saturated rings. The Morgan fingerprint density at radius 1 is 1.00 bits per heavy atom. The molecule has 0 N–H and O–H groups in total. The maximum Gasteiger partial charge on any atom is 0.311 e. The lowest BCUT2D eigenvalue weighted by molar-refractivity contribution is -0.137. The van der Waals surface area contributed by atoms with Crippen LogP contribution in [0.2, 0.25) is 0 Å². The molecule has 1 aromatic carbocycles. The normalized spacial score (nSPS) is 11.1. The van der Waals surface area contributed by atoms with Gasteiger partial charge in [0.1, 0.15) is 17.3 Å². The van der Waals surface area contributed by atoms with E-state index in [9.17, 15) is 14.4 Å². The summed E-state index contributed by atoms with van der Waals surface area (Å²) in [6.07, 6.45) is 2.84. The summed E-state index contributed by atoms with van der Waals surface area (Å²) in [5, 5.41) is 0. The predicted molar refractivity (Wildman–Crippen MR) is 89.2 cm³/mol. The minimum absolute atomic E-state index is 0.113. The monoisotopic (exact) mass is 318 g/mol. The Morgan fingerprint density at radius 3 is 2.26 bits per heavy atom. The molecule has 0 aromatic heterocycles. The van der Waals surface area contributed by atoms with Gasteiger partial charge in [0, 0.05) is 19.3 Å². The Balaban J connectivity index is 2.33. The van der Waals surface area contributed by atoms with Crippen LogP contribution in [0.5, 0.6) is 5.75 Å². The number of carbonyl (C=O) groups is 3. The van der Waals surface area contributed by atoms with E-state index < -0.39 is 0 Å². The average Bonchev–Trinajstić information content (AvgIpc) is 2.45. The number of hydrogen-bond acceptors (Lipinski definition) is 4. The third kappa shape index (κ3) is 8.91. The molecule has 0 aliphatic rings. The van der Waals surface area contributed by atoms with E-state index in [0.717, 1.165) is 0 Å². The van der Waals surface area contributed by atoms with Crippen LogP contribution in [-0.4, -0.2) is 17.5 Å². The number of Topliss-reactive ketones (excluding diaryl/α,β-unsaturated/α-hetero) is 2. The molecule has 0 radical (unpaired) electrons. The van der Waals surface area contributed by atoms with Crippen molar-refractivity contribution < 1.29 is 19.1 Å². The van der Waals surface area contributed by atoms with Crippen molar-refractivity contribution in [2.45, 2.75) is 59.3 Å². The number of benzene rings is 1. The molecule has 4 heteroatoms. The van der Waals surface area contributed by atoms with Crippen molar-refractivity contribution >= 4 is 17.5 Å². The van der Waals surface area contributed by atoms with Crippen LogP contribution in [0, 0.1) is 5.41 Å². The fraction of sp³-hybridized carbons (Fsp3) is 0.526. The van der Waals surface area contributed by atoms with Gasteiger partial charge in [-0.1, -0.05) is 32.0 Å². The van der Waals surface area contributed by atoms with Crippen LogP contribution < -0.4 is 4.74 Å². The zero-order valence-electron chi connectivity index (χ0n) is 14.3. The van der Waals surface area contributed by atoms with Gasteiger partial charge in [0.25, 0.3) is 0 Å². The van der Waals surface area contributed by atoms with Gasteiger partial charge in [-0.05, 0) is 37.3 Å². The van der Waals surface area contributed by atoms with Gasteiger partial charge in [0.05, 0.1) is 6.42 Å². The summed E-state index contributed by atoms with van der Waals surface area (Å²) in [6, 6.07) is 8.97. The number of hydrogen-bond donors (Lipinski definition) is 0. The first kappa shape index (κ1) is 19.1. The van der Waals surface area contributed by atoms with Gasteiger partial charge in [-0.15, -0.1) is 0 Å². The van der Waals surface area contributed by atoms with Gasteiger partial charge in [0.2, 0.25) is 0 Å². The Morgan fingerprint density at radius 2 is 1.65 bits per heavy atom. The van der Waals surface area contributed by atoms with Crippen molar-refractivity contribution in [2.24, 2.45) is 5.41 Å². The minimum Gasteiger partial charge on any atom is -0.427 e. The van der Waals surface area contributed by atoms with Gasteiger partial charge in [0.15, 0.2) is 0 Å². The molecule has 126 valence electrons. The predicted octanol–water partition coefficient (Wildman–Crippen LogP) is 4.12. The van der Waals surface area contributed by atoms with Crippen molar-refractivity contribution in [3.63, 3.8) is 0 Å². The summed E-state index contributed by atoms with van der Waals surface area (Å²) >= 11 is 0. The van der Waals surface area contributed by atoms with Crippen LogP contribution in [-0.2, 0) is 14.4 Å². The molecule has 23 heavy (non-hydrogen) atoms. The number of carbonyl (C=O) groups excluding carboxylic acids is 3. The van der Waals surface area contributed by atoms with Crippen molar-refractivity contribution in [2.75, 3.05) is 0 Å². The third-order valence-corrected chi connectivity index (χ3v) is 3.66. The smallest absolute Gasteiger partial charge is 0.311 e. The fourth-order valence-electron chi connectivity index (χ4n) is 2.27. The summed E-state index contributed by atoms with van der Waals surface area (Å²) in [6.45, 7) is 5.45. The molecule has 0 aliphatic carbocycles. The van der Waals surface area contributed by atoms with Crippen LogP contribution in [0.15, 0.2) is 30.3 Å². The van der Waals surface area contributed by atoms with Gasteiger partial charge in [-0.25, -0.2) is 0 Å². The van der Waals surface area contributed by atoms with E-state index in [1.165, 1.54) is 6.92 Å². The summed E-state index contributed by atoms with van der Waals surface area (Å²) in [7, 11) is 0. The average molecular weight is 318 g/mol. The van der Waals surface area contributed by atoms with E-state index >= 15 is 0 Å². The summed E-state index contributed by atoms with van der Waals surface area (Å²) in [4.78, 5) is 34.6.